The van der Waals surface area contributed by atoms with E-state index in [1.54, 1.807) is 31.2 Å². The highest BCUT2D eigenvalue weighted by atomic mass is 35.5. The van der Waals surface area contributed by atoms with Crippen molar-refractivity contribution < 1.29 is 4.79 Å². The minimum atomic E-state index is -0.504. The third kappa shape index (κ3) is 3.96. The van der Waals surface area contributed by atoms with E-state index in [2.05, 4.69) is 5.32 Å². The lowest BCUT2D eigenvalue weighted by atomic mass is 10.3. The molecule has 0 saturated heterocycles. The number of hydrogen-bond acceptors (Lipinski definition) is 2. The Bertz CT molecular complexity index is 298. The summed E-state index contributed by atoms with van der Waals surface area (Å²) in [6.07, 6.45) is 0. The summed E-state index contributed by atoms with van der Waals surface area (Å²) in [5.41, 5.74) is 6.08. The van der Waals surface area contributed by atoms with Gasteiger partial charge in [0.05, 0.1) is 6.04 Å². The zero-order chi connectivity index (χ0) is 9.84. The van der Waals surface area contributed by atoms with Crippen LogP contribution >= 0.6 is 24.0 Å². The van der Waals surface area contributed by atoms with Gasteiger partial charge in [-0.05, 0) is 31.2 Å². The van der Waals surface area contributed by atoms with E-state index in [4.69, 9.17) is 17.3 Å². The molecule has 5 heteroatoms. The minimum absolute atomic E-state index is 0. The molecule has 0 spiro atoms. The maximum absolute atomic E-state index is 11.1. The van der Waals surface area contributed by atoms with Crippen molar-refractivity contribution in [2.75, 3.05) is 5.32 Å². The van der Waals surface area contributed by atoms with Gasteiger partial charge in [0, 0.05) is 10.7 Å². The van der Waals surface area contributed by atoms with Gasteiger partial charge < -0.3 is 11.1 Å². The van der Waals surface area contributed by atoms with Crippen LogP contribution in [0.25, 0.3) is 0 Å². The number of carbonyl (C=O) groups excluding carboxylic acids is 1. The highest BCUT2D eigenvalue weighted by molar-refractivity contribution is 6.30. The van der Waals surface area contributed by atoms with Crippen molar-refractivity contribution >= 4 is 35.6 Å². The normalized spacial score (nSPS) is 11.4. The van der Waals surface area contributed by atoms with Gasteiger partial charge in [-0.1, -0.05) is 11.6 Å². The summed E-state index contributed by atoms with van der Waals surface area (Å²) in [6, 6.07) is 6.36. The lowest BCUT2D eigenvalue weighted by molar-refractivity contribution is -0.117. The largest absolute Gasteiger partial charge is 0.325 e. The molecule has 0 aliphatic rings. The second kappa shape index (κ2) is 5.86. The summed E-state index contributed by atoms with van der Waals surface area (Å²) < 4.78 is 0. The Morgan fingerprint density at radius 1 is 1.43 bits per heavy atom. The number of amides is 1. The monoisotopic (exact) mass is 234 g/mol. The zero-order valence-corrected chi connectivity index (χ0v) is 9.23. The number of benzene rings is 1. The second-order valence-corrected chi connectivity index (χ2v) is 3.22. The molecule has 0 fully saturated rings. The molecule has 1 unspecified atom stereocenters. The Morgan fingerprint density at radius 3 is 2.36 bits per heavy atom. The van der Waals surface area contributed by atoms with Crippen LogP contribution in [0.1, 0.15) is 6.92 Å². The summed E-state index contributed by atoms with van der Waals surface area (Å²) in [4.78, 5) is 11.1. The van der Waals surface area contributed by atoms with Crippen LogP contribution in [0.4, 0.5) is 5.69 Å². The summed E-state index contributed by atoms with van der Waals surface area (Å²) in [6.45, 7) is 1.63. The number of rotatable bonds is 2. The fourth-order valence-corrected chi connectivity index (χ4v) is 0.915. The Morgan fingerprint density at radius 2 is 1.93 bits per heavy atom. The molecule has 1 aromatic carbocycles. The first-order valence-corrected chi connectivity index (χ1v) is 4.29. The number of nitrogens with one attached hydrogen (secondary N) is 1. The third-order valence-corrected chi connectivity index (χ3v) is 1.78. The summed E-state index contributed by atoms with van der Waals surface area (Å²) >= 11 is 5.67. The highest BCUT2D eigenvalue weighted by Crippen LogP contribution is 2.13. The SMILES string of the molecule is CC(N)C(=O)Nc1ccc(Cl)cc1.Cl. The topological polar surface area (TPSA) is 55.1 Å². The predicted octanol–water partition coefficient (Wildman–Crippen LogP) is 2.05. The summed E-state index contributed by atoms with van der Waals surface area (Å²) in [5, 5.41) is 3.28. The molecule has 0 aliphatic heterocycles. The standard InChI is InChI=1S/C9H11ClN2O.ClH/c1-6(11)9(13)12-8-4-2-7(10)3-5-8;/h2-6H,11H2,1H3,(H,12,13);1H. The van der Waals surface area contributed by atoms with Gasteiger partial charge in [-0.2, -0.15) is 0 Å². The number of halogens is 2. The van der Waals surface area contributed by atoms with E-state index in [1.165, 1.54) is 0 Å². The van der Waals surface area contributed by atoms with E-state index in [1.807, 2.05) is 0 Å². The van der Waals surface area contributed by atoms with Gasteiger partial charge >= 0.3 is 0 Å². The molecule has 1 amide bonds. The molecule has 14 heavy (non-hydrogen) atoms. The van der Waals surface area contributed by atoms with Gasteiger partial charge in [0.1, 0.15) is 0 Å². The highest BCUT2D eigenvalue weighted by Gasteiger charge is 2.06. The van der Waals surface area contributed by atoms with E-state index in [9.17, 15) is 4.79 Å². The molecular formula is C9H12Cl2N2O. The van der Waals surface area contributed by atoms with E-state index < -0.39 is 6.04 Å². The molecule has 0 saturated carbocycles. The van der Waals surface area contributed by atoms with E-state index in [0.717, 1.165) is 0 Å². The van der Waals surface area contributed by atoms with Gasteiger partial charge in [0.25, 0.3) is 0 Å². The van der Waals surface area contributed by atoms with Gasteiger partial charge in [0.2, 0.25) is 5.91 Å². The first kappa shape index (κ1) is 13.2. The number of carbonyl (C=O) groups is 1. The van der Waals surface area contributed by atoms with Crippen LogP contribution in [-0.2, 0) is 4.79 Å². The van der Waals surface area contributed by atoms with Crippen molar-refractivity contribution in [2.45, 2.75) is 13.0 Å². The second-order valence-electron chi connectivity index (χ2n) is 2.78. The molecule has 0 aromatic heterocycles. The number of nitrogens with two attached hydrogens (primary N) is 1. The van der Waals surface area contributed by atoms with Crippen LogP contribution in [0.15, 0.2) is 24.3 Å². The minimum Gasteiger partial charge on any atom is -0.325 e. The Balaban J connectivity index is 0.00000169. The lowest BCUT2D eigenvalue weighted by Crippen LogP contribution is -2.32. The van der Waals surface area contributed by atoms with Crippen molar-refractivity contribution in [3.8, 4) is 0 Å². The fraction of sp³-hybridized carbons (Fsp3) is 0.222. The van der Waals surface area contributed by atoms with E-state index in [0.29, 0.717) is 10.7 Å². The van der Waals surface area contributed by atoms with Crippen molar-refractivity contribution in [2.24, 2.45) is 5.73 Å². The number of anilines is 1. The molecule has 0 heterocycles. The molecule has 78 valence electrons. The summed E-state index contributed by atoms with van der Waals surface area (Å²) in [7, 11) is 0. The van der Waals surface area contributed by atoms with Crippen molar-refractivity contribution in [1.29, 1.82) is 0 Å². The van der Waals surface area contributed by atoms with Crippen LogP contribution in [0.3, 0.4) is 0 Å². The Labute approximate surface area is 94.0 Å². The Kier molecular flexibility index (Phi) is 5.53. The van der Waals surface area contributed by atoms with Crippen LogP contribution in [0, 0.1) is 0 Å². The molecule has 1 aromatic rings. The van der Waals surface area contributed by atoms with Gasteiger partial charge in [-0.25, -0.2) is 0 Å². The van der Waals surface area contributed by atoms with Gasteiger partial charge in [0.15, 0.2) is 0 Å². The van der Waals surface area contributed by atoms with Crippen molar-refractivity contribution in [3.63, 3.8) is 0 Å². The first-order chi connectivity index (χ1) is 6.09. The van der Waals surface area contributed by atoms with E-state index in [-0.39, 0.29) is 18.3 Å². The van der Waals surface area contributed by atoms with Crippen molar-refractivity contribution in [3.05, 3.63) is 29.3 Å². The quantitative estimate of drug-likeness (QED) is 0.824. The summed E-state index contributed by atoms with van der Waals surface area (Å²) in [5.74, 6) is -0.206. The molecule has 0 aliphatic carbocycles. The molecule has 1 rings (SSSR count). The van der Waals surface area contributed by atoms with Crippen LogP contribution in [0.5, 0.6) is 0 Å². The maximum Gasteiger partial charge on any atom is 0.240 e. The molecule has 1 atom stereocenters. The van der Waals surface area contributed by atoms with Gasteiger partial charge in [-0.3, -0.25) is 4.79 Å². The molecule has 3 nitrogen and oxygen atoms in total. The average molecular weight is 235 g/mol. The van der Waals surface area contributed by atoms with Crippen LogP contribution in [-0.4, -0.2) is 11.9 Å². The maximum atomic E-state index is 11.1. The fourth-order valence-electron chi connectivity index (χ4n) is 0.789. The number of hydrogen-bond donors (Lipinski definition) is 2. The zero-order valence-electron chi connectivity index (χ0n) is 7.66. The van der Waals surface area contributed by atoms with Crippen LogP contribution in [0.2, 0.25) is 5.02 Å². The Hall–Kier alpha value is -0.770. The predicted molar refractivity (Wildman–Crippen MR) is 61.0 cm³/mol. The smallest absolute Gasteiger partial charge is 0.240 e. The molecular weight excluding hydrogens is 223 g/mol. The van der Waals surface area contributed by atoms with E-state index >= 15 is 0 Å². The lowest BCUT2D eigenvalue weighted by Gasteiger charge is -2.06. The molecule has 0 bridgehead atoms. The third-order valence-electron chi connectivity index (χ3n) is 1.53. The molecule has 0 radical (unpaired) electrons. The van der Waals surface area contributed by atoms with Gasteiger partial charge in [-0.15, -0.1) is 12.4 Å². The molecule has 3 N–H and O–H groups in total. The van der Waals surface area contributed by atoms with Crippen molar-refractivity contribution in [1.82, 2.24) is 0 Å². The average Bonchev–Trinajstić information content (AvgIpc) is 2.08. The van der Waals surface area contributed by atoms with Crippen LogP contribution < -0.4 is 11.1 Å². The first-order valence-electron chi connectivity index (χ1n) is 3.91.